The van der Waals surface area contributed by atoms with Crippen LogP contribution in [0, 0.1) is 0 Å². The summed E-state index contributed by atoms with van der Waals surface area (Å²) in [5, 5.41) is 1.67. The van der Waals surface area contributed by atoms with Crippen LogP contribution in [0.1, 0.15) is 19.3 Å². The number of halogens is 3. The number of pyridine rings is 1. The molecule has 0 saturated carbocycles. The average molecular weight is 393 g/mol. The summed E-state index contributed by atoms with van der Waals surface area (Å²) >= 11 is 0. The molecule has 144 valence electrons. The van der Waals surface area contributed by atoms with Gasteiger partial charge in [0.05, 0.1) is 22.4 Å². The minimum absolute atomic E-state index is 0.144. The van der Waals surface area contributed by atoms with Crippen LogP contribution in [-0.2, 0) is 9.84 Å². The van der Waals surface area contributed by atoms with Crippen molar-refractivity contribution in [3.05, 3.63) is 18.3 Å². The number of fused-ring (bicyclic) bond motifs is 2. The predicted molar refractivity (Wildman–Crippen MR) is 86.7 cm³/mol. The van der Waals surface area contributed by atoms with Crippen LogP contribution in [0.25, 0.3) is 0 Å². The highest BCUT2D eigenvalue weighted by molar-refractivity contribution is 7.93. The smallest absolute Gasteiger partial charge is 0.422 e. The molecule has 0 aromatic carbocycles. The number of carbonyl (C=O) groups is 1. The molecule has 2 bridgehead atoms. The van der Waals surface area contributed by atoms with Gasteiger partial charge in [-0.1, -0.05) is 0 Å². The largest absolute Gasteiger partial charge is 0.468 e. The second-order valence-electron chi connectivity index (χ2n) is 6.36. The Hall–Kier alpha value is -2.04. The molecular weight excluding hydrogens is 375 g/mol. The minimum atomic E-state index is -4.46. The van der Waals surface area contributed by atoms with Crippen LogP contribution < -0.4 is 10.1 Å². The number of carbonyl (C=O) groups excluding carboxylic acids is 1. The monoisotopic (exact) mass is 393 g/mol. The van der Waals surface area contributed by atoms with Gasteiger partial charge in [0.2, 0.25) is 5.88 Å². The second-order valence-corrected chi connectivity index (χ2v) is 8.88. The SMILES string of the molecule is O=C(Nc1ccc(OCC(F)(F)F)nc1)N1CCC2CCC(C1)S2(=O)=O. The Morgan fingerprint density at radius 3 is 2.65 bits per heavy atom. The third kappa shape index (κ3) is 4.19. The second kappa shape index (κ2) is 6.93. The van der Waals surface area contributed by atoms with Crippen molar-refractivity contribution in [2.24, 2.45) is 0 Å². The molecule has 2 aliphatic rings. The van der Waals surface area contributed by atoms with Gasteiger partial charge in [0.15, 0.2) is 16.4 Å². The van der Waals surface area contributed by atoms with Crippen molar-refractivity contribution < 1.29 is 31.1 Å². The van der Waals surface area contributed by atoms with Gasteiger partial charge >= 0.3 is 12.2 Å². The van der Waals surface area contributed by atoms with Gasteiger partial charge in [0.25, 0.3) is 0 Å². The Morgan fingerprint density at radius 1 is 1.27 bits per heavy atom. The maximum Gasteiger partial charge on any atom is 0.422 e. The molecule has 3 rings (SSSR count). The number of rotatable bonds is 3. The summed E-state index contributed by atoms with van der Waals surface area (Å²) < 4.78 is 65.2. The van der Waals surface area contributed by atoms with E-state index < -0.39 is 33.9 Å². The first kappa shape index (κ1) is 18.7. The van der Waals surface area contributed by atoms with Crippen molar-refractivity contribution in [1.82, 2.24) is 9.88 Å². The van der Waals surface area contributed by atoms with Gasteiger partial charge in [-0.25, -0.2) is 18.2 Å². The van der Waals surface area contributed by atoms with E-state index in [9.17, 15) is 26.4 Å². The molecule has 2 atom stereocenters. The Balaban J connectivity index is 1.58. The lowest BCUT2D eigenvalue weighted by Gasteiger charge is -2.24. The summed E-state index contributed by atoms with van der Waals surface area (Å²) in [6.45, 7) is -0.964. The van der Waals surface area contributed by atoms with E-state index in [4.69, 9.17) is 0 Å². The topological polar surface area (TPSA) is 88.6 Å². The van der Waals surface area contributed by atoms with Crippen molar-refractivity contribution >= 4 is 21.6 Å². The molecule has 26 heavy (non-hydrogen) atoms. The van der Waals surface area contributed by atoms with Crippen LogP contribution in [0.15, 0.2) is 18.3 Å². The lowest BCUT2D eigenvalue weighted by atomic mass is 10.1. The van der Waals surface area contributed by atoms with E-state index >= 15 is 0 Å². The molecule has 11 heteroatoms. The maximum absolute atomic E-state index is 12.4. The van der Waals surface area contributed by atoms with Gasteiger partial charge in [-0.3, -0.25) is 0 Å². The molecule has 3 heterocycles. The van der Waals surface area contributed by atoms with E-state index in [2.05, 4.69) is 15.0 Å². The zero-order chi connectivity index (χ0) is 18.9. The number of sulfone groups is 1. The molecule has 7 nitrogen and oxygen atoms in total. The third-order valence-corrected chi connectivity index (χ3v) is 7.26. The molecule has 2 saturated heterocycles. The summed E-state index contributed by atoms with van der Waals surface area (Å²) in [5.41, 5.74) is 0.284. The van der Waals surface area contributed by atoms with Gasteiger partial charge in [0, 0.05) is 19.2 Å². The van der Waals surface area contributed by atoms with Crippen LogP contribution in [0.2, 0.25) is 0 Å². The number of alkyl halides is 3. The zero-order valence-electron chi connectivity index (χ0n) is 13.7. The van der Waals surface area contributed by atoms with Gasteiger partial charge < -0.3 is 15.0 Å². The van der Waals surface area contributed by atoms with Gasteiger partial charge in [-0.05, 0) is 25.3 Å². The predicted octanol–water partition coefficient (Wildman–Crippen LogP) is 2.21. The highest BCUT2D eigenvalue weighted by Crippen LogP contribution is 2.33. The summed E-state index contributed by atoms with van der Waals surface area (Å²) in [4.78, 5) is 17.5. The summed E-state index contributed by atoms with van der Waals surface area (Å²) in [6, 6.07) is 2.13. The van der Waals surface area contributed by atoms with Gasteiger partial charge in [0.1, 0.15) is 0 Å². The molecule has 2 unspecified atom stereocenters. The Bertz CT molecular complexity index is 767. The number of amides is 2. The van der Waals surface area contributed by atoms with E-state index in [-0.39, 0.29) is 23.4 Å². The van der Waals surface area contributed by atoms with Crippen molar-refractivity contribution in [1.29, 1.82) is 0 Å². The van der Waals surface area contributed by atoms with Crippen LogP contribution in [0.3, 0.4) is 0 Å². The molecule has 1 aromatic heterocycles. The van der Waals surface area contributed by atoms with Crippen molar-refractivity contribution in [3.8, 4) is 5.88 Å². The van der Waals surface area contributed by atoms with E-state index in [0.29, 0.717) is 25.8 Å². The normalized spacial score (nSPS) is 24.8. The number of nitrogens with one attached hydrogen (secondary N) is 1. The van der Waals surface area contributed by atoms with E-state index in [1.807, 2.05) is 0 Å². The Kier molecular flexibility index (Phi) is 5.00. The highest BCUT2D eigenvalue weighted by atomic mass is 32.2. The van der Waals surface area contributed by atoms with Crippen molar-refractivity contribution in [3.63, 3.8) is 0 Å². The first-order chi connectivity index (χ1) is 12.1. The summed E-state index contributed by atoms with van der Waals surface area (Å²) in [7, 11) is -3.17. The fraction of sp³-hybridized carbons (Fsp3) is 0.600. The molecular formula is C15H18F3N3O4S. The molecule has 2 fully saturated rings. The number of aromatic nitrogens is 1. The molecule has 2 amide bonds. The van der Waals surface area contributed by atoms with Crippen LogP contribution in [-0.4, -0.2) is 60.7 Å². The Labute approximate surface area is 148 Å². The molecule has 1 aromatic rings. The molecule has 2 aliphatic heterocycles. The fourth-order valence-corrected chi connectivity index (χ4v) is 5.49. The minimum Gasteiger partial charge on any atom is -0.468 e. The Morgan fingerprint density at radius 2 is 2.00 bits per heavy atom. The third-order valence-electron chi connectivity index (χ3n) is 4.54. The number of hydrogen-bond donors (Lipinski definition) is 1. The molecule has 0 radical (unpaired) electrons. The number of urea groups is 1. The zero-order valence-corrected chi connectivity index (χ0v) is 14.5. The lowest BCUT2D eigenvalue weighted by Crippen LogP contribution is -2.40. The summed E-state index contributed by atoms with van der Waals surface area (Å²) in [6.07, 6.45) is -1.66. The van der Waals surface area contributed by atoms with Crippen LogP contribution in [0.4, 0.5) is 23.7 Å². The van der Waals surface area contributed by atoms with E-state index in [1.54, 1.807) is 0 Å². The van der Waals surface area contributed by atoms with Crippen LogP contribution >= 0.6 is 0 Å². The van der Waals surface area contributed by atoms with Crippen LogP contribution in [0.5, 0.6) is 5.88 Å². The maximum atomic E-state index is 12.4. The van der Waals surface area contributed by atoms with Gasteiger partial charge in [-0.2, -0.15) is 13.2 Å². The van der Waals surface area contributed by atoms with Gasteiger partial charge in [-0.15, -0.1) is 0 Å². The quantitative estimate of drug-likeness (QED) is 0.851. The number of nitrogens with zero attached hydrogens (tertiary/aromatic N) is 2. The summed E-state index contributed by atoms with van der Waals surface area (Å²) in [5.74, 6) is -0.210. The first-order valence-corrected chi connectivity index (χ1v) is 9.70. The van der Waals surface area contributed by atoms with Crippen molar-refractivity contribution in [2.75, 3.05) is 25.0 Å². The molecule has 0 spiro atoms. The number of hydrogen-bond acceptors (Lipinski definition) is 5. The van der Waals surface area contributed by atoms with E-state index in [1.165, 1.54) is 23.2 Å². The first-order valence-electron chi connectivity index (χ1n) is 8.09. The molecule has 0 aliphatic carbocycles. The standard InChI is InChI=1S/C15H18F3N3O4S/c16-15(17,18)9-25-13-4-1-10(7-19-13)20-14(22)21-6-5-11-2-3-12(8-21)26(11,23)24/h1,4,7,11-12H,2-3,5-6,8-9H2,(H,20,22). The molecule has 1 N–H and O–H groups in total. The van der Waals surface area contributed by atoms with E-state index in [0.717, 1.165) is 0 Å². The van der Waals surface area contributed by atoms with Crippen molar-refractivity contribution in [2.45, 2.75) is 35.9 Å². The number of anilines is 1. The fourth-order valence-electron chi connectivity index (χ4n) is 3.20. The average Bonchev–Trinajstić information content (AvgIpc) is 2.73. The lowest BCUT2D eigenvalue weighted by molar-refractivity contribution is -0.154. The number of likely N-dealkylation sites (tertiary alicyclic amines) is 1. The number of ether oxygens (including phenoxy) is 1. The highest BCUT2D eigenvalue weighted by Gasteiger charge is 2.44.